The molecule has 2 unspecified atom stereocenters. The van der Waals surface area contributed by atoms with Crippen LogP contribution in [0.5, 0.6) is 0 Å². The van der Waals surface area contributed by atoms with Gasteiger partial charge >= 0.3 is 0 Å². The molecular weight excluding hydrogens is 240 g/mol. The highest BCUT2D eigenvalue weighted by Crippen LogP contribution is 2.83. The third-order valence-electron chi connectivity index (χ3n) is 6.49. The minimum atomic E-state index is -0.591. The van der Waals surface area contributed by atoms with Crippen LogP contribution in [0.3, 0.4) is 0 Å². The van der Waals surface area contributed by atoms with Crippen LogP contribution in [0.2, 0.25) is 0 Å². The van der Waals surface area contributed by atoms with E-state index < -0.39 is 5.60 Å². The van der Waals surface area contributed by atoms with Gasteiger partial charge in [0.25, 0.3) is 0 Å². The van der Waals surface area contributed by atoms with Gasteiger partial charge in [0.05, 0.1) is 11.0 Å². The number of fused-ring (bicyclic) bond motifs is 1. The van der Waals surface area contributed by atoms with E-state index in [1.54, 1.807) is 0 Å². The van der Waals surface area contributed by atoms with Gasteiger partial charge in [-0.15, -0.1) is 0 Å². The molecule has 4 aliphatic rings. The van der Waals surface area contributed by atoms with E-state index in [0.717, 1.165) is 32.5 Å². The maximum Gasteiger partial charge on any atom is 0.229 e. The molecule has 2 aliphatic heterocycles. The quantitative estimate of drug-likeness (QED) is 0.763. The summed E-state index contributed by atoms with van der Waals surface area (Å²) in [4.78, 5) is 17.4. The summed E-state index contributed by atoms with van der Waals surface area (Å²) in [6.45, 7) is 7.99. The molecule has 0 radical (unpaired) electrons. The number of rotatable bonds is 1. The second-order valence-electron chi connectivity index (χ2n) is 7.62. The molecule has 2 saturated heterocycles. The van der Waals surface area contributed by atoms with Gasteiger partial charge in [-0.3, -0.25) is 9.69 Å². The van der Waals surface area contributed by atoms with Crippen LogP contribution in [0, 0.1) is 10.8 Å². The minimum Gasteiger partial charge on any atom is -0.390 e. The van der Waals surface area contributed by atoms with Crippen molar-refractivity contribution in [2.24, 2.45) is 10.8 Å². The van der Waals surface area contributed by atoms with Crippen molar-refractivity contribution in [3.05, 3.63) is 0 Å². The monoisotopic (exact) mass is 264 g/mol. The molecule has 106 valence electrons. The second kappa shape index (κ2) is 3.34. The third kappa shape index (κ3) is 1.39. The van der Waals surface area contributed by atoms with Gasteiger partial charge in [0.2, 0.25) is 5.91 Å². The van der Waals surface area contributed by atoms with Gasteiger partial charge < -0.3 is 10.0 Å². The zero-order valence-corrected chi connectivity index (χ0v) is 12.0. The van der Waals surface area contributed by atoms with E-state index in [-0.39, 0.29) is 10.8 Å². The molecule has 0 bridgehead atoms. The predicted molar refractivity (Wildman–Crippen MR) is 71.6 cm³/mol. The Morgan fingerprint density at radius 2 is 1.95 bits per heavy atom. The SMILES string of the molecule is C[C@@]1(O)CC12C[C@]2(C)C(=O)N1CCN2CCCC2C1. The molecule has 4 rings (SSSR count). The molecule has 2 heterocycles. The van der Waals surface area contributed by atoms with Gasteiger partial charge in [-0.2, -0.15) is 0 Å². The van der Waals surface area contributed by atoms with Crippen LogP contribution in [0.1, 0.15) is 39.5 Å². The number of hydrogen-bond acceptors (Lipinski definition) is 3. The highest BCUT2D eigenvalue weighted by molar-refractivity contribution is 5.88. The van der Waals surface area contributed by atoms with E-state index in [1.807, 2.05) is 6.92 Å². The number of carbonyl (C=O) groups is 1. The van der Waals surface area contributed by atoms with Gasteiger partial charge in [0, 0.05) is 31.1 Å². The minimum absolute atomic E-state index is 0.0795. The van der Waals surface area contributed by atoms with Crippen molar-refractivity contribution >= 4 is 5.91 Å². The molecule has 4 nitrogen and oxygen atoms in total. The van der Waals surface area contributed by atoms with Crippen LogP contribution < -0.4 is 0 Å². The normalized spacial score (nSPS) is 52.4. The molecule has 0 aromatic carbocycles. The first-order valence-corrected chi connectivity index (χ1v) is 7.66. The van der Waals surface area contributed by atoms with Crippen molar-refractivity contribution in [3.8, 4) is 0 Å². The highest BCUT2D eigenvalue weighted by Gasteiger charge is 2.86. The first-order valence-electron chi connectivity index (χ1n) is 7.66. The fourth-order valence-electron chi connectivity index (χ4n) is 4.95. The Morgan fingerprint density at radius 3 is 2.58 bits per heavy atom. The number of hydrogen-bond donors (Lipinski definition) is 1. The first kappa shape index (κ1) is 12.2. The molecule has 1 N–H and O–H groups in total. The fraction of sp³-hybridized carbons (Fsp3) is 0.933. The summed E-state index contributed by atoms with van der Waals surface area (Å²) >= 11 is 0. The standard InChI is InChI=1S/C15H24N2O2/c1-13(9-15(13)10-14(15,2)19)12(18)17-7-6-16-5-3-4-11(16)8-17/h11,19H,3-10H2,1-2H3/t11?,13-,14-,15?/m1/s1. The summed E-state index contributed by atoms with van der Waals surface area (Å²) in [7, 11) is 0. The lowest BCUT2D eigenvalue weighted by Gasteiger charge is -2.39. The van der Waals surface area contributed by atoms with Crippen molar-refractivity contribution in [2.45, 2.75) is 51.2 Å². The Kier molecular flexibility index (Phi) is 2.14. The number of carbonyl (C=O) groups excluding carboxylic acids is 1. The second-order valence-corrected chi connectivity index (χ2v) is 7.62. The third-order valence-corrected chi connectivity index (χ3v) is 6.49. The maximum absolute atomic E-state index is 12.8. The molecule has 19 heavy (non-hydrogen) atoms. The molecular formula is C15H24N2O2. The summed E-state index contributed by atoms with van der Waals surface area (Å²) in [5, 5.41) is 10.2. The zero-order chi connectivity index (χ0) is 13.5. The molecule has 4 atom stereocenters. The van der Waals surface area contributed by atoms with E-state index in [9.17, 15) is 9.90 Å². The van der Waals surface area contributed by atoms with E-state index >= 15 is 0 Å². The van der Waals surface area contributed by atoms with E-state index in [1.165, 1.54) is 19.4 Å². The summed E-state index contributed by atoms with van der Waals surface area (Å²) in [6.07, 6.45) is 4.22. The molecule has 4 heteroatoms. The summed E-state index contributed by atoms with van der Waals surface area (Å²) in [5.74, 6) is 0.303. The van der Waals surface area contributed by atoms with Gasteiger partial charge in [0.1, 0.15) is 0 Å². The molecule has 0 aromatic rings. The Bertz CT molecular complexity index is 449. The smallest absolute Gasteiger partial charge is 0.229 e. The molecule has 2 saturated carbocycles. The Balaban J connectivity index is 1.48. The van der Waals surface area contributed by atoms with Gasteiger partial charge in [-0.05, 0) is 39.2 Å². The average Bonchev–Trinajstić information content (AvgIpc) is 3.03. The lowest BCUT2D eigenvalue weighted by atomic mass is 10.00. The molecule has 4 fully saturated rings. The molecule has 0 aromatic heterocycles. The van der Waals surface area contributed by atoms with Gasteiger partial charge in [-0.1, -0.05) is 6.92 Å². The number of amides is 1. The van der Waals surface area contributed by atoms with Crippen LogP contribution in [-0.4, -0.2) is 58.6 Å². The molecule has 2 aliphatic carbocycles. The Morgan fingerprint density at radius 1 is 1.21 bits per heavy atom. The zero-order valence-electron chi connectivity index (χ0n) is 12.0. The summed E-state index contributed by atoms with van der Waals surface area (Å²) in [5.41, 5.74) is -0.951. The van der Waals surface area contributed by atoms with Gasteiger partial charge in [0.15, 0.2) is 0 Å². The summed E-state index contributed by atoms with van der Waals surface area (Å²) < 4.78 is 0. The number of aliphatic hydroxyl groups is 1. The lowest BCUT2D eigenvalue weighted by molar-refractivity contribution is -0.140. The van der Waals surface area contributed by atoms with Crippen LogP contribution in [0.25, 0.3) is 0 Å². The molecule has 1 amide bonds. The topological polar surface area (TPSA) is 43.8 Å². The van der Waals surface area contributed by atoms with E-state index in [4.69, 9.17) is 0 Å². The van der Waals surface area contributed by atoms with Crippen LogP contribution in [0.4, 0.5) is 0 Å². The van der Waals surface area contributed by atoms with Crippen LogP contribution in [0.15, 0.2) is 0 Å². The van der Waals surface area contributed by atoms with Crippen molar-refractivity contribution in [1.29, 1.82) is 0 Å². The van der Waals surface area contributed by atoms with E-state index in [0.29, 0.717) is 11.9 Å². The van der Waals surface area contributed by atoms with Crippen LogP contribution >= 0.6 is 0 Å². The summed E-state index contributed by atoms with van der Waals surface area (Å²) in [6, 6.07) is 0.593. The van der Waals surface area contributed by atoms with Crippen molar-refractivity contribution < 1.29 is 9.90 Å². The number of nitrogens with zero attached hydrogens (tertiary/aromatic N) is 2. The Labute approximate surface area is 114 Å². The first-order chi connectivity index (χ1) is 8.90. The maximum atomic E-state index is 12.8. The highest BCUT2D eigenvalue weighted by atomic mass is 16.3. The number of piperazine rings is 1. The molecule has 1 spiro atoms. The van der Waals surface area contributed by atoms with Crippen molar-refractivity contribution in [2.75, 3.05) is 26.2 Å². The van der Waals surface area contributed by atoms with Crippen molar-refractivity contribution in [1.82, 2.24) is 9.80 Å². The van der Waals surface area contributed by atoms with Crippen LogP contribution in [-0.2, 0) is 4.79 Å². The average molecular weight is 264 g/mol. The largest absolute Gasteiger partial charge is 0.390 e. The Hall–Kier alpha value is -0.610. The van der Waals surface area contributed by atoms with E-state index in [2.05, 4.69) is 16.7 Å². The van der Waals surface area contributed by atoms with Gasteiger partial charge in [-0.25, -0.2) is 0 Å². The fourth-order valence-corrected chi connectivity index (χ4v) is 4.95. The predicted octanol–water partition coefficient (Wildman–Crippen LogP) is 0.844. The lowest BCUT2D eigenvalue weighted by Crippen LogP contribution is -2.53. The van der Waals surface area contributed by atoms with Crippen molar-refractivity contribution in [3.63, 3.8) is 0 Å².